The molecule has 1 amide bonds. The Morgan fingerprint density at radius 2 is 1.82 bits per heavy atom. The number of carbonyl (C=O) groups is 2. The average molecular weight is 478 g/mol. The molecule has 1 atom stereocenters. The van der Waals surface area contributed by atoms with Crippen LogP contribution in [0.5, 0.6) is 17.2 Å². The second kappa shape index (κ2) is 8.76. The number of carbonyl (C=O) groups excluding carboxylic acids is 2. The van der Waals surface area contributed by atoms with Crippen molar-refractivity contribution in [2.24, 2.45) is 0 Å². The average Bonchev–Trinajstić information content (AvgIpc) is 3.41. The van der Waals surface area contributed by atoms with Gasteiger partial charge in [-0.15, -0.1) is 0 Å². The summed E-state index contributed by atoms with van der Waals surface area (Å²) in [5.74, 6) is -0.184. The van der Waals surface area contributed by atoms with E-state index in [0.717, 1.165) is 0 Å². The summed E-state index contributed by atoms with van der Waals surface area (Å²) in [6.07, 6.45) is 0. The summed E-state index contributed by atoms with van der Waals surface area (Å²) in [5, 5.41) is 11.6. The zero-order valence-electron chi connectivity index (χ0n) is 18.2. The summed E-state index contributed by atoms with van der Waals surface area (Å²) in [4.78, 5) is 27.9. The van der Waals surface area contributed by atoms with Crippen molar-refractivity contribution in [2.45, 2.75) is 13.0 Å². The zero-order chi connectivity index (χ0) is 23.8. The first-order chi connectivity index (χ1) is 16.5. The monoisotopic (exact) mass is 477 g/mol. The Kier molecular flexibility index (Phi) is 5.63. The number of Topliss-reactive ketones (excluding diaryl/α,β-unsaturated/α-hetero) is 1. The normalized spacial score (nSPS) is 18.4. The van der Waals surface area contributed by atoms with Crippen LogP contribution in [0.15, 0.2) is 72.3 Å². The fraction of sp³-hybridized carbons (Fsp3) is 0.154. The Balaban J connectivity index is 1.68. The Bertz CT molecular complexity index is 1320. The van der Waals surface area contributed by atoms with Crippen LogP contribution in [-0.4, -0.2) is 30.2 Å². The number of fused-ring (bicyclic) bond motifs is 1. The molecule has 1 saturated heterocycles. The number of ketones is 1. The second-order valence-electron chi connectivity index (χ2n) is 7.72. The van der Waals surface area contributed by atoms with Crippen molar-refractivity contribution in [3.8, 4) is 17.2 Å². The Morgan fingerprint density at radius 3 is 2.56 bits per heavy atom. The number of halogens is 1. The second-order valence-corrected chi connectivity index (χ2v) is 8.16. The standard InChI is InChI=1S/C26H20ClNO6/c1-2-32-19-9-6-15(7-10-19)23-22(24(29)16-4-3-5-17(27)12-16)25(30)26(31)28(23)18-8-11-20-21(13-18)34-14-33-20/h3-13,23,29H,2,14H2,1H3/b24-22+. The number of hydrogen-bond donors (Lipinski definition) is 1. The van der Waals surface area contributed by atoms with Crippen molar-refractivity contribution in [1.82, 2.24) is 0 Å². The molecule has 0 saturated carbocycles. The van der Waals surface area contributed by atoms with Crippen LogP contribution >= 0.6 is 11.6 Å². The largest absolute Gasteiger partial charge is 0.507 e. The maximum atomic E-state index is 13.3. The summed E-state index contributed by atoms with van der Waals surface area (Å²) >= 11 is 6.10. The Morgan fingerprint density at radius 1 is 1.06 bits per heavy atom. The summed E-state index contributed by atoms with van der Waals surface area (Å²) in [6.45, 7) is 2.46. The molecule has 34 heavy (non-hydrogen) atoms. The van der Waals surface area contributed by atoms with Gasteiger partial charge in [0, 0.05) is 22.3 Å². The lowest BCUT2D eigenvalue weighted by atomic mass is 9.95. The highest BCUT2D eigenvalue weighted by Gasteiger charge is 2.47. The number of nitrogens with zero attached hydrogens (tertiary/aromatic N) is 1. The highest BCUT2D eigenvalue weighted by molar-refractivity contribution is 6.51. The lowest BCUT2D eigenvalue weighted by Crippen LogP contribution is -2.29. The molecule has 1 unspecified atom stereocenters. The molecule has 0 radical (unpaired) electrons. The molecule has 1 fully saturated rings. The van der Waals surface area contributed by atoms with Gasteiger partial charge in [-0.25, -0.2) is 0 Å². The maximum Gasteiger partial charge on any atom is 0.300 e. The minimum Gasteiger partial charge on any atom is -0.507 e. The van der Waals surface area contributed by atoms with Gasteiger partial charge in [-0.05, 0) is 48.9 Å². The van der Waals surface area contributed by atoms with E-state index in [-0.39, 0.29) is 18.1 Å². The van der Waals surface area contributed by atoms with Gasteiger partial charge in [-0.2, -0.15) is 0 Å². The molecule has 0 aliphatic carbocycles. The van der Waals surface area contributed by atoms with Gasteiger partial charge in [-0.3, -0.25) is 14.5 Å². The molecule has 2 heterocycles. The van der Waals surface area contributed by atoms with Crippen molar-refractivity contribution in [3.63, 3.8) is 0 Å². The molecule has 0 spiro atoms. The lowest BCUT2D eigenvalue weighted by molar-refractivity contribution is -0.132. The van der Waals surface area contributed by atoms with Crippen LogP contribution in [0.2, 0.25) is 5.02 Å². The van der Waals surface area contributed by atoms with Gasteiger partial charge < -0.3 is 19.3 Å². The molecule has 3 aromatic carbocycles. The van der Waals surface area contributed by atoms with E-state index in [1.807, 2.05) is 6.92 Å². The van der Waals surface area contributed by atoms with E-state index in [9.17, 15) is 14.7 Å². The van der Waals surface area contributed by atoms with E-state index in [2.05, 4.69) is 0 Å². The maximum absolute atomic E-state index is 13.3. The van der Waals surface area contributed by atoms with Gasteiger partial charge in [0.05, 0.1) is 18.2 Å². The van der Waals surface area contributed by atoms with Crippen molar-refractivity contribution in [3.05, 3.63) is 88.5 Å². The highest BCUT2D eigenvalue weighted by atomic mass is 35.5. The van der Waals surface area contributed by atoms with Gasteiger partial charge in [-0.1, -0.05) is 35.9 Å². The molecular formula is C26H20ClNO6. The van der Waals surface area contributed by atoms with Gasteiger partial charge in [0.15, 0.2) is 11.5 Å². The van der Waals surface area contributed by atoms with Crippen LogP contribution < -0.4 is 19.1 Å². The predicted octanol–water partition coefficient (Wildman–Crippen LogP) is 5.09. The summed E-state index contributed by atoms with van der Waals surface area (Å²) in [6, 6.07) is 17.7. The quantitative estimate of drug-likeness (QED) is 0.313. The SMILES string of the molecule is CCOc1ccc(C2/C(=C(\O)c3cccc(Cl)c3)C(=O)C(=O)N2c2ccc3c(c2)OCO3)cc1. The third-order valence-corrected chi connectivity index (χ3v) is 5.92. The topological polar surface area (TPSA) is 85.3 Å². The minimum atomic E-state index is -0.880. The van der Waals surface area contributed by atoms with Crippen LogP contribution in [0.4, 0.5) is 5.69 Å². The fourth-order valence-corrected chi connectivity index (χ4v) is 4.34. The molecule has 2 aliphatic heterocycles. The Hall–Kier alpha value is -3.97. The molecule has 7 nitrogen and oxygen atoms in total. The molecule has 1 N–H and O–H groups in total. The van der Waals surface area contributed by atoms with Crippen molar-refractivity contribution in [1.29, 1.82) is 0 Å². The molecular weight excluding hydrogens is 458 g/mol. The number of rotatable bonds is 5. The summed E-state index contributed by atoms with van der Waals surface area (Å²) < 4.78 is 16.4. The number of aliphatic hydroxyl groups is 1. The number of amides is 1. The van der Waals surface area contributed by atoms with Crippen LogP contribution in [0.25, 0.3) is 5.76 Å². The zero-order valence-corrected chi connectivity index (χ0v) is 18.9. The van der Waals surface area contributed by atoms with Crippen LogP contribution in [-0.2, 0) is 9.59 Å². The van der Waals surface area contributed by atoms with E-state index < -0.39 is 17.7 Å². The van der Waals surface area contributed by atoms with Gasteiger partial charge >= 0.3 is 0 Å². The first-order valence-electron chi connectivity index (χ1n) is 10.7. The number of benzene rings is 3. The van der Waals surface area contributed by atoms with Gasteiger partial charge in [0.25, 0.3) is 11.7 Å². The molecule has 5 rings (SSSR count). The first-order valence-corrected chi connectivity index (χ1v) is 11.0. The number of hydrogen-bond acceptors (Lipinski definition) is 6. The molecule has 8 heteroatoms. The molecule has 3 aromatic rings. The lowest BCUT2D eigenvalue weighted by Gasteiger charge is -2.25. The highest BCUT2D eigenvalue weighted by Crippen LogP contribution is 2.45. The predicted molar refractivity (Wildman–Crippen MR) is 126 cm³/mol. The summed E-state index contributed by atoms with van der Waals surface area (Å²) in [7, 11) is 0. The Labute approximate surface area is 200 Å². The third-order valence-electron chi connectivity index (χ3n) is 5.68. The van der Waals surface area contributed by atoms with Crippen molar-refractivity contribution in [2.75, 3.05) is 18.3 Å². The molecule has 2 aliphatic rings. The number of aliphatic hydroxyl groups excluding tert-OH is 1. The van der Waals surface area contributed by atoms with Gasteiger partial charge in [0.2, 0.25) is 6.79 Å². The van der Waals surface area contributed by atoms with E-state index in [0.29, 0.717) is 45.7 Å². The van der Waals surface area contributed by atoms with Crippen LogP contribution in [0.1, 0.15) is 24.1 Å². The smallest absolute Gasteiger partial charge is 0.300 e. The van der Waals surface area contributed by atoms with E-state index in [1.165, 1.54) is 4.90 Å². The molecule has 172 valence electrons. The summed E-state index contributed by atoms with van der Waals surface area (Å²) in [5.41, 5.74) is 1.38. The number of ether oxygens (including phenoxy) is 3. The first kappa shape index (κ1) is 21.9. The minimum absolute atomic E-state index is 0.0332. The van der Waals surface area contributed by atoms with E-state index >= 15 is 0 Å². The third kappa shape index (κ3) is 3.74. The molecule has 0 bridgehead atoms. The molecule has 0 aromatic heterocycles. The van der Waals surface area contributed by atoms with Crippen LogP contribution in [0.3, 0.4) is 0 Å². The number of anilines is 1. The van der Waals surface area contributed by atoms with Gasteiger partial charge in [0.1, 0.15) is 11.5 Å². The van der Waals surface area contributed by atoms with E-state index in [1.54, 1.807) is 66.7 Å². The van der Waals surface area contributed by atoms with Crippen molar-refractivity contribution < 1.29 is 28.9 Å². The fourth-order valence-electron chi connectivity index (χ4n) is 4.15. The van der Waals surface area contributed by atoms with Crippen LogP contribution in [0, 0.1) is 0 Å². The van der Waals surface area contributed by atoms with Crippen molar-refractivity contribution >= 4 is 34.7 Å². The van der Waals surface area contributed by atoms with E-state index in [4.69, 9.17) is 25.8 Å².